The molecule has 6 nitrogen and oxygen atoms in total. The summed E-state index contributed by atoms with van der Waals surface area (Å²) >= 11 is 3.12. The molecule has 0 spiro atoms. The van der Waals surface area contributed by atoms with Crippen LogP contribution in [0.4, 0.5) is 5.13 Å². The lowest BCUT2D eigenvalue weighted by Gasteiger charge is -2.04. The third kappa shape index (κ3) is 5.52. The van der Waals surface area contributed by atoms with Gasteiger partial charge in [-0.2, -0.15) is 5.26 Å². The molecule has 1 heterocycles. The average Bonchev–Trinajstić information content (AvgIpc) is 3.00. The van der Waals surface area contributed by atoms with Crippen LogP contribution in [0, 0.1) is 11.3 Å². The Morgan fingerprint density at radius 1 is 1.27 bits per heavy atom. The van der Waals surface area contributed by atoms with Crippen LogP contribution < -0.4 is 10.1 Å². The molecular weight excluding hydrogens is 320 g/mol. The number of nitrogens with one attached hydrogen (secondary N) is 1. The zero-order valence-corrected chi connectivity index (χ0v) is 13.7. The molecule has 1 aromatic heterocycles. The molecule has 2 rings (SSSR count). The molecule has 0 saturated heterocycles. The second-order valence-electron chi connectivity index (χ2n) is 4.13. The van der Waals surface area contributed by atoms with Gasteiger partial charge in [-0.15, -0.1) is 10.2 Å². The quantitative estimate of drug-likeness (QED) is 0.557. The highest BCUT2D eigenvalue weighted by molar-refractivity contribution is 8.01. The van der Waals surface area contributed by atoms with Gasteiger partial charge in [0.1, 0.15) is 5.75 Å². The highest BCUT2D eigenvalue weighted by atomic mass is 32.2. The third-order valence-electron chi connectivity index (χ3n) is 2.55. The third-order valence-corrected chi connectivity index (χ3v) is 4.53. The molecule has 0 radical (unpaired) electrons. The second-order valence-corrected chi connectivity index (χ2v) is 6.45. The minimum absolute atomic E-state index is 0.572. The first-order valence-corrected chi connectivity index (χ1v) is 8.44. The number of thioether (sulfide) groups is 1. The molecule has 22 heavy (non-hydrogen) atoms. The number of rotatable bonds is 9. The van der Waals surface area contributed by atoms with Crippen molar-refractivity contribution < 1.29 is 9.47 Å². The smallest absolute Gasteiger partial charge is 0.206 e. The molecule has 2 aromatic rings. The fourth-order valence-corrected chi connectivity index (χ4v) is 3.18. The van der Waals surface area contributed by atoms with Crippen LogP contribution in [0.15, 0.2) is 28.6 Å². The predicted octanol–water partition coefficient (Wildman–Crippen LogP) is 2.64. The topological polar surface area (TPSA) is 80.1 Å². The van der Waals surface area contributed by atoms with Crippen LogP contribution in [-0.2, 0) is 4.74 Å². The fraction of sp³-hybridized carbons (Fsp3) is 0.357. The summed E-state index contributed by atoms with van der Waals surface area (Å²) in [6, 6.07) is 9.15. The summed E-state index contributed by atoms with van der Waals surface area (Å²) in [6.07, 6.45) is 0. The molecule has 1 N–H and O–H groups in total. The molecule has 8 heteroatoms. The SMILES string of the molecule is COCCNc1nnc(SCCOc2ccc(C#N)cc2)s1. The molecule has 0 bridgehead atoms. The molecule has 116 valence electrons. The standard InChI is InChI=1S/C14H16N4O2S2/c1-19-7-6-16-13-17-18-14(22-13)21-9-8-20-12-4-2-11(10-15)3-5-12/h2-5H,6-9H2,1H3,(H,16,17). The second kappa shape index (κ2) is 9.25. The Hall–Kier alpha value is -1.82. The Bertz CT molecular complexity index is 610. The van der Waals surface area contributed by atoms with Crippen molar-refractivity contribution in [3.63, 3.8) is 0 Å². The zero-order chi connectivity index (χ0) is 15.6. The van der Waals surface area contributed by atoms with Gasteiger partial charge in [0.15, 0.2) is 4.34 Å². The summed E-state index contributed by atoms with van der Waals surface area (Å²) < 4.78 is 11.5. The average molecular weight is 336 g/mol. The van der Waals surface area contributed by atoms with Gasteiger partial charge in [0.05, 0.1) is 24.8 Å². The van der Waals surface area contributed by atoms with Crippen LogP contribution in [0.5, 0.6) is 5.75 Å². The number of benzene rings is 1. The summed E-state index contributed by atoms with van der Waals surface area (Å²) in [6.45, 7) is 1.93. The normalized spacial score (nSPS) is 10.2. The molecule has 0 atom stereocenters. The van der Waals surface area contributed by atoms with Crippen molar-refractivity contribution in [2.45, 2.75) is 4.34 Å². The first-order valence-electron chi connectivity index (χ1n) is 6.64. The first-order chi connectivity index (χ1) is 10.8. The number of methoxy groups -OCH3 is 1. The van der Waals surface area contributed by atoms with Gasteiger partial charge >= 0.3 is 0 Å². The van der Waals surface area contributed by atoms with E-state index >= 15 is 0 Å². The number of nitriles is 1. The predicted molar refractivity (Wildman–Crippen MR) is 87.7 cm³/mol. The molecule has 0 saturated carbocycles. The van der Waals surface area contributed by atoms with Crippen molar-refractivity contribution in [3.8, 4) is 11.8 Å². The van der Waals surface area contributed by atoms with Gasteiger partial charge in [0.2, 0.25) is 5.13 Å². The van der Waals surface area contributed by atoms with E-state index in [1.54, 1.807) is 43.1 Å². The summed E-state index contributed by atoms with van der Waals surface area (Å²) in [5.41, 5.74) is 0.629. The zero-order valence-electron chi connectivity index (χ0n) is 12.1. The van der Waals surface area contributed by atoms with Crippen LogP contribution in [-0.4, -0.2) is 42.8 Å². The molecule has 0 aliphatic rings. The largest absolute Gasteiger partial charge is 0.493 e. The summed E-state index contributed by atoms with van der Waals surface area (Å²) in [7, 11) is 1.66. The van der Waals surface area contributed by atoms with Crippen molar-refractivity contribution >= 4 is 28.2 Å². The Morgan fingerprint density at radius 3 is 2.82 bits per heavy atom. The van der Waals surface area contributed by atoms with Gasteiger partial charge < -0.3 is 14.8 Å². The number of hydrogen-bond acceptors (Lipinski definition) is 8. The molecule has 0 amide bonds. The van der Waals surface area contributed by atoms with Crippen molar-refractivity contribution in [3.05, 3.63) is 29.8 Å². The number of aromatic nitrogens is 2. The van der Waals surface area contributed by atoms with E-state index in [0.29, 0.717) is 18.8 Å². The van der Waals surface area contributed by atoms with Gasteiger partial charge in [-0.1, -0.05) is 23.1 Å². The molecule has 0 aliphatic carbocycles. The number of ether oxygens (including phenoxy) is 2. The number of anilines is 1. The summed E-state index contributed by atoms with van der Waals surface area (Å²) in [5.74, 6) is 1.55. The van der Waals surface area contributed by atoms with Gasteiger partial charge in [0, 0.05) is 19.4 Å². The van der Waals surface area contributed by atoms with E-state index in [4.69, 9.17) is 14.7 Å². The highest BCUT2D eigenvalue weighted by Gasteiger charge is 2.04. The first kappa shape index (κ1) is 16.5. The van der Waals surface area contributed by atoms with Crippen molar-refractivity contribution in [1.82, 2.24) is 10.2 Å². The van der Waals surface area contributed by atoms with E-state index in [2.05, 4.69) is 21.6 Å². The molecular formula is C14H16N4O2S2. The minimum Gasteiger partial charge on any atom is -0.493 e. The monoisotopic (exact) mass is 336 g/mol. The Labute approximate surface area is 137 Å². The summed E-state index contributed by atoms with van der Waals surface area (Å²) in [5, 5.41) is 20.8. The van der Waals surface area contributed by atoms with Crippen molar-refractivity contribution in [2.24, 2.45) is 0 Å². The van der Waals surface area contributed by atoms with Gasteiger partial charge in [-0.25, -0.2) is 0 Å². The fourth-order valence-electron chi connectivity index (χ4n) is 1.51. The van der Waals surface area contributed by atoms with Gasteiger partial charge in [0.25, 0.3) is 0 Å². The van der Waals surface area contributed by atoms with E-state index in [1.165, 1.54) is 11.3 Å². The highest BCUT2D eigenvalue weighted by Crippen LogP contribution is 2.25. The van der Waals surface area contributed by atoms with Crippen LogP contribution in [0.1, 0.15) is 5.56 Å². The van der Waals surface area contributed by atoms with E-state index in [0.717, 1.165) is 27.5 Å². The van der Waals surface area contributed by atoms with Crippen LogP contribution in [0.3, 0.4) is 0 Å². The maximum absolute atomic E-state index is 8.72. The lowest BCUT2D eigenvalue weighted by Crippen LogP contribution is -2.06. The minimum atomic E-state index is 0.572. The Balaban J connectivity index is 1.66. The molecule has 0 unspecified atom stereocenters. The summed E-state index contributed by atoms with van der Waals surface area (Å²) in [4.78, 5) is 0. The Kier molecular flexibility index (Phi) is 6.96. The molecule has 0 fully saturated rings. The van der Waals surface area contributed by atoms with Crippen LogP contribution in [0.25, 0.3) is 0 Å². The lowest BCUT2D eigenvalue weighted by atomic mass is 10.2. The number of hydrogen-bond donors (Lipinski definition) is 1. The van der Waals surface area contributed by atoms with Crippen LogP contribution >= 0.6 is 23.1 Å². The Morgan fingerprint density at radius 2 is 2.09 bits per heavy atom. The van der Waals surface area contributed by atoms with Gasteiger partial charge in [-0.05, 0) is 24.3 Å². The van der Waals surface area contributed by atoms with Gasteiger partial charge in [-0.3, -0.25) is 0 Å². The van der Waals surface area contributed by atoms with E-state index in [1.807, 2.05) is 0 Å². The maximum atomic E-state index is 8.72. The van der Waals surface area contributed by atoms with Crippen molar-refractivity contribution in [2.75, 3.05) is 37.9 Å². The lowest BCUT2D eigenvalue weighted by molar-refractivity contribution is 0.211. The number of nitrogens with zero attached hydrogens (tertiary/aromatic N) is 3. The van der Waals surface area contributed by atoms with E-state index < -0.39 is 0 Å². The maximum Gasteiger partial charge on any atom is 0.206 e. The molecule has 0 aliphatic heterocycles. The van der Waals surface area contributed by atoms with E-state index in [9.17, 15) is 0 Å². The van der Waals surface area contributed by atoms with E-state index in [-0.39, 0.29) is 0 Å². The van der Waals surface area contributed by atoms with Crippen LogP contribution in [0.2, 0.25) is 0 Å². The molecule has 1 aromatic carbocycles. The van der Waals surface area contributed by atoms with Crippen molar-refractivity contribution in [1.29, 1.82) is 5.26 Å².